The van der Waals surface area contributed by atoms with Crippen molar-refractivity contribution in [1.29, 1.82) is 0 Å². The van der Waals surface area contributed by atoms with Gasteiger partial charge in [-0.2, -0.15) is 0 Å². The normalized spacial score (nSPS) is 14.5. The number of fused-ring (bicyclic) bond motifs is 2. The summed E-state index contributed by atoms with van der Waals surface area (Å²) in [4.78, 5) is 43.9. The molecule has 0 aliphatic carbocycles. The number of para-hydroxylation sites is 1. The van der Waals surface area contributed by atoms with Gasteiger partial charge in [0.1, 0.15) is 21.4 Å². The van der Waals surface area contributed by atoms with E-state index in [1.165, 1.54) is 12.1 Å². The lowest BCUT2D eigenvalue weighted by atomic mass is 10.1. The number of imide groups is 1. The van der Waals surface area contributed by atoms with Gasteiger partial charge in [0, 0.05) is 17.8 Å². The average molecular weight is 438 g/mol. The predicted molar refractivity (Wildman–Crippen MR) is 112 cm³/mol. The third-order valence-corrected chi connectivity index (χ3v) is 5.95. The van der Waals surface area contributed by atoms with Gasteiger partial charge in [0.25, 0.3) is 11.8 Å². The molecule has 1 aliphatic heterocycles. The summed E-state index contributed by atoms with van der Waals surface area (Å²) in [5, 5.41) is 0.737. The number of carbonyl (C=O) groups is 3. The van der Waals surface area contributed by atoms with Crippen molar-refractivity contribution in [3.8, 4) is 5.75 Å². The predicted octanol–water partition coefficient (Wildman–Crippen LogP) is 2.24. The van der Waals surface area contributed by atoms with Crippen LogP contribution in [0.2, 0.25) is 0 Å². The van der Waals surface area contributed by atoms with E-state index in [-0.39, 0.29) is 23.3 Å². The van der Waals surface area contributed by atoms with E-state index in [4.69, 9.17) is 4.74 Å². The number of aromatic nitrogens is 1. The molecule has 9 heteroatoms. The summed E-state index contributed by atoms with van der Waals surface area (Å²) in [7, 11) is -3.46. The highest BCUT2D eigenvalue weighted by atomic mass is 32.2. The Morgan fingerprint density at radius 2 is 1.65 bits per heavy atom. The van der Waals surface area contributed by atoms with Crippen LogP contribution in [0.3, 0.4) is 0 Å². The Bertz CT molecular complexity index is 1280. The molecule has 0 fully saturated rings. The molecule has 31 heavy (non-hydrogen) atoms. The molecular weight excluding hydrogens is 420 g/mol. The highest BCUT2D eigenvalue weighted by molar-refractivity contribution is 7.90. The standard InChI is InChI=1S/C22H18N2O6S/c1-31(28,29)13-11-17(24-20(25)15-8-2-3-9-16(15)21(24)26)22(27)30-18-10-4-6-14-7-5-12-23-19(14)18/h2-10,12,17H,11,13H2,1H3/t17-/m0/s1. The SMILES string of the molecule is CS(=O)(=O)CC[C@@H](C(=O)Oc1cccc2cccnc12)N1C(=O)c2ccccc2C1=O. The van der Waals surface area contributed by atoms with Gasteiger partial charge in [-0.05, 0) is 30.7 Å². The minimum atomic E-state index is -3.46. The van der Waals surface area contributed by atoms with Crippen LogP contribution < -0.4 is 4.74 Å². The summed E-state index contributed by atoms with van der Waals surface area (Å²) < 4.78 is 29.0. The minimum Gasteiger partial charge on any atom is -0.423 e. The van der Waals surface area contributed by atoms with Crippen LogP contribution in [0.4, 0.5) is 0 Å². The van der Waals surface area contributed by atoms with Gasteiger partial charge in [-0.25, -0.2) is 13.2 Å². The topological polar surface area (TPSA) is 111 Å². The van der Waals surface area contributed by atoms with E-state index in [0.717, 1.165) is 16.5 Å². The van der Waals surface area contributed by atoms with E-state index < -0.39 is 39.4 Å². The van der Waals surface area contributed by atoms with Crippen LogP contribution in [0, 0.1) is 0 Å². The molecule has 0 unspecified atom stereocenters. The van der Waals surface area contributed by atoms with Crippen LogP contribution in [-0.4, -0.2) is 54.1 Å². The van der Waals surface area contributed by atoms with Crippen LogP contribution >= 0.6 is 0 Å². The van der Waals surface area contributed by atoms with Crippen molar-refractivity contribution >= 4 is 38.5 Å². The average Bonchev–Trinajstić information content (AvgIpc) is 2.99. The molecular formula is C22H18N2O6S. The zero-order chi connectivity index (χ0) is 22.2. The first-order chi connectivity index (χ1) is 14.8. The Morgan fingerprint density at radius 1 is 1.00 bits per heavy atom. The molecule has 0 N–H and O–H groups in total. The number of pyridine rings is 1. The number of amides is 2. The largest absolute Gasteiger partial charge is 0.423 e. The van der Waals surface area contributed by atoms with Crippen molar-refractivity contribution in [2.75, 3.05) is 12.0 Å². The van der Waals surface area contributed by atoms with E-state index in [1.807, 2.05) is 0 Å². The fraction of sp³-hybridized carbons (Fsp3) is 0.182. The fourth-order valence-corrected chi connectivity index (χ4v) is 4.16. The summed E-state index contributed by atoms with van der Waals surface area (Å²) in [5.41, 5.74) is 0.760. The van der Waals surface area contributed by atoms with Crippen molar-refractivity contribution in [3.05, 3.63) is 71.9 Å². The Balaban J connectivity index is 1.69. The molecule has 0 saturated carbocycles. The molecule has 158 valence electrons. The smallest absolute Gasteiger partial charge is 0.334 e. The van der Waals surface area contributed by atoms with E-state index in [2.05, 4.69) is 4.98 Å². The second-order valence-corrected chi connectivity index (χ2v) is 9.47. The first-order valence-corrected chi connectivity index (χ1v) is 11.5. The second kappa shape index (κ2) is 7.92. The summed E-state index contributed by atoms with van der Waals surface area (Å²) in [5.74, 6) is -2.46. The van der Waals surface area contributed by atoms with Gasteiger partial charge in [0.15, 0.2) is 5.75 Å². The third-order valence-electron chi connectivity index (χ3n) is 4.98. The summed E-state index contributed by atoms with van der Waals surface area (Å²) >= 11 is 0. The van der Waals surface area contributed by atoms with Gasteiger partial charge in [-0.1, -0.05) is 30.3 Å². The molecule has 1 aliphatic rings. The van der Waals surface area contributed by atoms with E-state index in [9.17, 15) is 22.8 Å². The number of benzene rings is 2. The van der Waals surface area contributed by atoms with E-state index >= 15 is 0 Å². The molecule has 0 spiro atoms. The molecule has 1 aromatic heterocycles. The molecule has 0 radical (unpaired) electrons. The second-order valence-electron chi connectivity index (χ2n) is 7.21. The number of rotatable bonds is 6. The lowest BCUT2D eigenvalue weighted by molar-refractivity contribution is -0.138. The van der Waals surface area contributed by atoms with Gasteiger partial charge in [0.2, 0.25) is 0 Å². The Labute approximate surface area is 178 Å². The number of nitrogens with zero attached hydrogens (tertiary/aromatic N) is 2. The maximum absolute atomic E-state index is 13.1. The van der Waals surface area contributed by atoms with Crippen LogP contribution in [-0.2, 0) is 14.6 Å². The van der Waals surface area contributed by atoms with Crippen molar-refractivity contribution in [2.45, 2.75) is 12.5 Å². The van der Waals surface area contributed by atoms with Crippen LogP contribution in [0.25, 0.3) is 10.9 Å². The van der Waals surface area contributed by atoms with Crippen LogP contribution in [0.1, 0.15) is 27.1 Å². The molecule has 0 saturated heterocycles. The van der Waals surface area contributed by atoms with Crippen molar-refractivity contribution in [3.63, 3.8) is 0 Å². The molecule has 4 rings (SSSR count). The van der Waals surface area contributed by atoms with E-state index in [1.54, 1.807) is 48.7 Å². The molecule has 2 aromatic carbocycles. The van der Waals surface area contributed by atoms with Gasteiger partial charge in [-0.15, -0.1) is 0 Å². The summed E-state index contributed by atoms with van der Waals surface area (Å²) in [6.45, 7) is 0. The number of sulfone groups is 1. The van der Waals surface area contributed by atoms with Gasteiger partial charge < -0.3 is 4.74 Å². The van der Waals surface area contributed by atoms with Crippen molar-refractivity contribution < 1.29 is 27.5 Å². The first kappa shape index (κ1) is 20.7. The lowest BCUT2D eigenvalue weighted by Gasteiger charge is -2.24. The van der Waals surface area contributed by atoms with Crippen LogP contribution in [0.15, 0.2) is 60.8 Å². The molecule has 1 atom stereocenters. The highest BCUT2D eigenvalue weighted by Crippen LogP contribution is 2.28. The summed E-state index contributed by atoms with van der Waals surface area (Å²) in [6, 6.07) is 13.4. The molecule has 8 nitrogen and oxygen atoms in total. The maximum Gasteiger partial charge on any atom is 0.334 e. The van der Waals surface area contributed by atoms with Gasteiger partial charge in [-0.3, -0.25) is 19.5 Å². The zero-order valence-electron chi connectivity index (χ0n) is 16.5. The first-order valence-electron chi connectivity index (χ1n) is 9.46. The monoisotopic (exact) mass is 438 g/mol. The quantitative estimate of drug-likeness (QED) is 0.330. The zero-order valence-corrected chi connectivity index (χ0v) is 17.3. The minimum absolute atomic E-state index is 0.157. The number of hydrogen-bond donors (Lipinski definition) is 0. The fourth-order valence-electron chi connectivity index (χ4n) is 3.50. The number of hydrogen-bond acceptors (Lipinski definition) is 7. The Kier molecular flexibility index (Phi) is 5.28. The Hall–Kier alpha value is -3.59. The van der Waals surface area contributed by atoms with Crippen molar-refractivity contribution in [2.24, 2.45) is 0 Å². The maximum atomic E-state index is 13.1. The van der Waals surface area contributed by atoms with E-state index in [0.29, 0.717) is 5.52 Å². The Morgan fingerprint density at radius 3 is 2.29 bits per heavy atom. The van der Waals surface area contributed by atoms with Gasteiger partial charge >= 0.3 is 5.97 Å². The third kappa shape index (κ3) is 4.04. The highest BCUT2D eigenvalue weighted by Gasteiger charge is 2.43. The van der Waals surface area contributed by atoms with Gasteiger partial charge in [0.05, 0.1) is 16.9 Å². The summed E-state index contributed by atoms with van der Waals surface area (Å²) in [6.07, 6.45) is 2.29. The van der Waals surface area contributed by atoms with Crippen LogP contribution in [0.5, 0.6) is 5.75 Å². The molecule has 2 amide bonds. The number of ether oxygens (including phenoxy) is 1. The molecule has 3 aromatic rings. The lowest BCUT2D eigenvalue weighted by Crippen LogP contribution is -2.47. The van der Waals surface area contributed by atoms with Crippen molar-refractivity contribution in [1.82, 2.24) is 9.88 Å². The number of carbonyl (C=O) groups excluding carboxylic acids is 3. The number of esters is 1. The molecule has 2 heterocycles. The molecule has 0 bridgehead atoms.